The first-order valence-corrected chi connectivity index (χ1v) is 13.1. The van der Waals surface area contributed by atoms with Crippen LogP contribution < -0.4 is 5.73 Å². The zero-order chi connectivity index (χ0) is 8.69. The van der Waals surface area contributed by atoms with E-state index in [4.69, 9.17) is 5.73 Å². The van der Waals surface area contributed by atoms with E-state index >= 15 is 0 Å². The Kier molecular flexibility index (Phi) is 8.52. The van der Waals surface area contributed by atoms with Gasteiger partial charge in [0.1, 0.15) is 0 Å². The summed E-state index contributed by atoms with van der Waals surface area (Å²) in [6.45, 7) is 2.09. The molecule has 0 saturated heterocycles. The minimum atomic E-state index is -1.03. The van der Waals surface area contributed by atoms with Crippen LogP contribution in [-0.4, -0.2) is 29.6 Å². The molecule has 0 aliphatic rings. The molecule has 0 spiro atoms. The van der Waals surface area contributed by atoms with Crippen molar-refractivity contribution in [3.63, 3.8) is 0 Å². The standard InChI is InChI=1S/C6H14N.CH3S.CH3.Sn.H/c1-3-4-5-6(2)7;1-2;;;/h6H,1,3-5,7H2,2H3;2H,1H2;1H3;;. The molecule has 0 aromatic rings. The van der Waals surface area contributed by atoms with Crippen molar-refractivity contribution in [3.8, 4) is 0 Å². The van der Waals surface area contributed by atoms with Gasteiger partial charge in [-0.05, 0) is 0 Å². The van der Waals surface area contributed by atoms with E-state index in [-0.39, 0.29) is 0 Å². The minimum absolute atomic E-state index is 0.400. The fraction of sp³-hybridized carbons (Fsp3) is 1.00. The summed E-state index contributed by atoms with van der Waals surface area (Å²) >= 11 is 3.30. The molecule has 0 aliphatic carbocycles. The van der Waals surface area contributed by atoms with Crippen molar-refractivity contribution in [1.29, 1.82) is 0 Å². The first-order chi connectivity index (χ1) is 5.16. The quantitative estimate of drug-likeness (QED) is 0.434. The van der Waals surface area contributed by atoms with Gasteiger partial charge in [0.15, 0.2) is 0 Å². The van der Waals surface area contributed by atoms with Crippen LogP contribution in [0.1, 0.15) is 26.2 Å². The molecule has 0 saturated carbocycles. The normalized spacial score (nSPS) is 16.4. The first kappa shape index (κ1) is 12.1. The van der Waals surface area contributed by atoms with Gasteiger partial charge in [-0.25, -0.2) is 0 Å². The van der Waals surface area contributed by atoms with Crippen molar-refractivity contribution < 1.29 is 0 Å². The fourth-order valence-corrected chi connectivity index (χ4v) is 5.61. The summed E-state index contributed by atoms with van der Waals surface area (Å²) in [4.78, 5) is 2.46. The molecule has 0 amide bonds. The summed E-state index contributed by atoms with van der Waals surface area (Å²) in [5.74, 6) is 0. The monoisotopic (exact) mass is 283 g/mol. The van der Waals surface area contributed by atoms with E-state index in [1.807, 2.05) is 0 Å². The summed E-state index contributed by atoms with van der Waals surface area (Å²) in [5, 5.41) is 0. The average Bonchev–Trinajstić information content (AvgIpc) is 1.97. The molecular formula is C8H21NSSn. The summed E-state index contributed by atoms with van der Waals surface area (Å²) < 4.78 is 2.73. The van der Waals surface area contributed by atoms with E-state index in [2.05, 4.69) is 24.5 Å². The molecule has 0 fully saturated rings. The Morgan fingerprint density at radius 1 is 1.45 bits per heavy atom. The third-order valence-electron chi connectivity index (χ3n) is 1.92. The van der Waals surface area contributed by atoms with Gasteiger partial charge < -0.3 is 0 Å². The Bertz CT molecular complexity index is 88.2. The molecule has 1 nitrogen and oxygen atoms in total. The zero-order valence-electron chi connectivity index (χ0n) is 7.71. The van der Waals surface area contributed by atoms with Crippen LogP contribution in [-0.2, 0) is 0 Å². The topological polar surface area (TPSA) is 26.0 Å². The maximum atomic E-state index is 5.64. The van der Waals surface area contributed by atoms with Crippen molar-refractivity contribution in [1.82, 2.24) is 0 Å². The van der Waals surface area contributed by atoms with Crippen LogP contribution in [0.2, 0.25) is 9.38 Å². The van der Waals surface area contributed by atoms with Crippen LogP contribution in [0.25, 0.3) is 0 Å². The van der Waals surface area contributed by atoms with E-state index in [9.17, 15) is 0 Å². The van der Waals surface area contributed by atoms with E-state index < -0.39 is 19.8 Å². The predicted octanol–water partition coefficient (Wildman–Crippen LogP) is 1.83. The summed E-state index contributed by atoms with van der Waals surface area (Å²) in [6.07, 6.45) is 3.93. The summed E-state index contributed by atoms with van der Waals surface area (Å²) in [7, 11) is 0. The molecule has 0 bridgehead atoms. The third-order valence-corrected chi connectivity index (χ3v) is 11.9. The van der Waals surface area contributed by atoms with Gasteiger partial charge in [0.2, 0.25) is 0 Å². The maximum absolute atomic E-state index is 5.64. The number of unbranched alkanes of at least 4 members (excludes halogenated alkanes) is 1. The van der Waals surface area contributed by atoms with Crippen LogP contribution in [0.5, 0.6) is 0 Å². The Balaban J connectivity index is 3.01. The second kappa shape index (κ2) is 7.74. The van der Waals surface area contributed by atoms with Crippen molar-refractivity contribution >= 4 is 32.4 Å². The third kappa shape index (κ3) is 9.02. The molecule has 11 heavy (non-hydrogen) atoms. The van der Waals surface area contributed by atoms with E-state index in [0.29, 0.717) is 6.04 Å². The van der Waals surface area contributed by atoms with Crippen LogP contribution in [0, 0.1) is 0 Å². The van der Waals surface area contributed by atoms with Crippen LogP contribution >= 0.6 is 12.6 Å². The van der Waals surface area contributed by atoms with Gasteiger partial charge in [-0.15, -0.1) is 0 Å². The number of rotatable bonds is 6. The SMILES string of the molecule is CC(N)CCC[CH2][SnH]([CH3])[CH2]S. The van der Waals surface area contributed by atoms with Crippen LogP contribution in [0.15, 0.2) is 0 Å². The Morgan fingerprint density at radius 3 is 2.55 bits per heavy atom. The second-order valence-corrected chi connectivity index (χ2v) is 15.0. The van der Waals surface area contributed by atoms with Crippen molar-refractivity contribution in [2.24, 2.45) is 5.73 Å². The van der Waals surface area contributed by atoms with E-state index in [1.165, 1.54) is 27.5 Å². The Hall–Kier alpha value is 1.11. The first-order valence-electron chi connectivity index (χ1n) is 4.53. The molecule has 0 radical (unpaired) electrons. The average molecular weight is 282 g/mol. The Labute approximate surface area is 83.3 Å². The van der Waals surface area contributed by atoms with E-state index in [1.54, 1.807) is 0 Å². The van der Waals surface area contributed by atoms with Gasteiger partial charge >= 0.3 is 83.5 Å². The molecule has 0 aromatic heterocycles. The van der Waals surface area contributed by atoms with Crippen molar-refractivity contribution in [2.75, 3.05) is 3.77 Å². The predicted molar refractivity (Wildman–Crippen MR) is 59.2 cm³/mol. The van der Waals surface area contributed by atoms with E-state index in [0.717, 1.165) is 0 Å². The molecule has 0 heterocycles. The number of hydrogen-bond acceptors (Lipinski definition) is 2. The molecule has 0 aliphatic heterocycles. The fourth-order valence-electron chi connectivity index (χ4n) is 1.05. The second-order valence-electron chi connectivity index (χ2n) is 3.55. The molecule has 2 atom stereocenters. The molecule has 0 rings (SSSR count). The van der Waals surface area contributed by atoms with Crippen LogP contribution in [0.4, 0.5) is 0 Å². The molecule has 68 valence electrons. The molecule has 2 N–H and O–H groups in total. The zero-order valence-corrected chi connectivity index (χ0v) is 11.9. The number of hydrogen-bond donors (Lipinski definition) is 2. The van der Waals surface area contributed by atoms with Gasteiger partial charge in [0.05, 0.1) is 0 Å². The van der Waals surface area contributed by atoms with Crippen LogP contribution in [0.3, 0.4) is 0 Å². The van der Waals surface area contributed by atoms with Gasteiger partial charge in [0, 0.05) is 0 Å². The van der Waals surface area contributed by atoms with Gasteiger partial charge in [-0.1, -0.05) is 0 Å². The van der Waals surface area contributed by atoms with Crippen molar-refractivity contribution in [3.05, 3.63) is 0 Å². The molecule has 0 aromatic carbocycles. The van der Waals surface area contributed by atoms with Gasteiger partial charge in [0.25, 0.3) is 0 Å². The molecular weight excluding hydrogens is 261 g/mol. The Morgan fingerprint density at radius 2 is 2.09 bits per heavy atom. The molecule has 3 heteroatoms. The number of nitrogens with two attached hydrogens (primary N) is 1. The molecule has 2 unspecified atom stereocenters. The number of thiol groups is 1. The van der Waals surface area contributed by atoms with Crippen molar-refractivity contribution in [2.45, 2.75) is 41.6 Å². The van der Waals surface area contributed by atoms with Gasteiger partial charge in [-0.2, -0.15) is 0 Å². The summed E-state index contributed by atoms with van der Waals surface area (Å²) in [5.41, 5.74) is 5.64. The van der Waals surface area contributed by atoms with Gasteiger partial charge in [-0.3, -0.25) is 0 Å². The summed E-state index contributed by atoms with van der Waals surface area (Å²) in [6, 6.07) is 0.400.